The second-order valence-electron chi connectivity index (χ2n) is 6.79. The Morgan fingerprint density at radius 2 is 1.90 bits per heavy atom. The number of carbonyl (C=O) groups excluding carboxylic acids is 1. The maximum absolute atomic E-state index is 12.9. The van der Waals surface area contributed by atoms with Crippen LogP contribution in [0.3, 0.4) is 0 Å². The van der Waals surface area contributed by atoms with E-state index in [9.17, 15) is 10.1 Å². The summed E-state index contributed by atoms with van der Waals surface area (Å²) in [5, 5.41) is 23.1. The van der Waals surface area contributed by atoms with E-state index in [4.69, 9.17) is 5.41 Å². The molecular formula is C23H21N5O. The van der Waals surface area contributed by atoms with E-state index >= 15 is 0 Å². The molecule has 3 N–H and O–H groups in total. The zero-order chi connectivity index (χ0) is 20.8. The fourth-order valence-electron chi connectivity index (χ4n) is 3.14. The van der Waals surface area contributed by atoms with E-state index in [1.807, 2.05) is 26.0 Å². The first kappa shape index (κ1) is 19.8. The molecule has 0 atom stereocenters. The molecule has 3 aromatic rings. The van der Waals surface area contributed by atoms with Gasteiger partial charge in [-0.2, -0.15) is 5.26 Å². The number of hydrogen-bond donors (Lipinski definition) is 3. The third-order valence-corrected chi connectivity index (χ3v) is 4.47. The summed E-state index contributed by atoms with van der Waals surface area (Å²) in [5.41, 5.74) is 4.53. The number of pyridine rings is 1. The van der Waals surface area contributed by atoms with Crippen molar-refractivity contribution < 1.29 is 4.79 Å². The number of hydrogen-bond acceptors (Lipinski definition) is 5. The van der Waals surface area contributed by atoms with Crippen molar-refractivity contribution in [3.63, 3.8) is 0 Å². The van der Waals surface area contributed by atoms with Crippen molar-refractivity contribution in [1.29, 1.82) is 10.7 Å². The van der Waals surface area contributed by atoms with Crippen molar-refractivity contribution in [2.24, 2.45) is 0 Å². The Bertz CT molecular complexity index is 1080. The summed E-state index contributed by atoms with van der Waals surface area (Å²) < 4.78 is 0. The van der Waals surface area contributed by atoms with Crippen LogP contribution in [0.2, 0.25) is 0 Å². The van der Waals surface area contributed by atoms with Gasteiger partial charge in [0.2, 0.25) is 0 Å². The third-order valence-electron chi connectivity index (χ3n) is 4.47. The Morgan fingerprint density at radius 1 is 1.14 bits per heavy atom. The summed E-state index contributed by atoms with van der Waals surface area (Å²) in [5.74, 6) is -0.237. The van der Waals surface area contributed by atoms with Crippen molar-refractivity contribution in [3.05, 3.63) is 83.2 Å². The van der Waals surface area contributed by atoms with Gasteiger partial charge in [-0.05, 0) is 53.9 Å². The summed E-state index contributed by atoms with van der Waals surface area (Å²) in [6.07, 6.45) is 4.60. The smallest absolute Gasteiger partial charge is 0.255 e. The number of anilines is 3. The van der Waals surface area contributed by atoms with Gasteiger partial charge in [-0.25, -0.2) is 0 Å². The molecule has 0 aliphatic rings. The first-order chi connectivity index (χ1) is 14.0. The van der Waals surface area contributed by atoms with Gasteiger partial charge in [0.1, 0.15) is 0 Å². The Morgan fingerprint density at radius 3 is 2.55 bits per heavy atom. The minimum atomic E-state index is -0.275. The number of benzene rings is 2. The lowest BCUT2D eigenvalue weighted by molar-refractivity contribution is 0.102. The van der Waals surface area contributed by atoms with E-state index in [1.165, 1.54) is 6.21 Å². The van der Waals surface area contributed by atoms with Gasteiger partial charge < -0.3 is 16.0 Å². The molecule has 1 aromatic heterocycles. The summed E-state index contributed by atoms with van der Waals surface area (Å²) in [4.78, 5) is 16.9. The molecule has 0 fully saturated rings. The molecule has 6 nitrogen and oxygen atoms in total. The van der Waals surface area contributed by atoms with Crippen LogP contribution in [0, 0.1) is 16.7 Å². The first-order valence-corrected chi connectivity index (χ1v) is 9.19. The quantitative estimate of drug-likeness (QED) is 0.517. The monoisotopic (exact) mass is 383 g/mol. The third kappa shape index (κ3) is 4.47. The SMILES string of the molecule is CC(C)c1c(C#N)cccc1C(=O)Nc1ccc(C=N)c(Nc2ccncc2)c1. The molecule has 0 spiro atoms. The molecule has 0 aliphatic heterocycles. The molecular weight excluding hydrogens is 362 g/mol. The highest BCUT2D eigenvalue weighted by Gasteiger charge is 2.18. The van der Waals surface area contributed by atoms with Gasteiger partial charge in [-0.3, -0.25) is 9.78 Å². The molecule has 2 aromatic carbocycles. The van der Waals surface area contributed by atoms with Gasteiger partial charge >= 0.3 is 0 Å². The maximum atomic E-state index is 12.9. The second-order valence-corrected chi connectivity index (χ2v) is 6.79. The number of rotatable bonds is 6. The van der Waals surface area contributed by atoms with Crippen molar-refractivity contribution in [2.75, 3.05) is 10.6 Å². The van der Waals surface area contributed by atoms with Gasteiger partial charge in [0.15, 0.2) is 0 Å². The lowest BCUT2D eigenvalue weighted by atomic mass is 9.92. The Kier molecular flexibility index (Phi) is 6.00. The minimum Gasteiger partial charge on any atom is -0.355 e. The number of nitrogens with one attached hydrogen (secondary N) is 3. The Balaban J connectivity index is 1.91. The summed E-state index contributed by atoms with van der Waals surface area (Å²) in [6.45, 7) is 3.92. The maximum Gasteiger partial charge on any atom is 0.255 e. The average Bonchev–Trinajstić information content (AvgIpc) is 2.74. The normalized spacial score (nSPS) is 10.3. The largest absolute Gasteiger partial charge is 0.355 e. The van der Waals surface area contributed by atoms with Crippen LogP contribution in [0.1, 0.15) is 46.8 Å². The molecule has 0 bridgehead atoms. The minimum absolute atomic E-state index is 0.0378. The van der Waals surface area contributed by atoms with Crippen molar-refractivity contribution in [3.8, 4) is 6.07 Å². The topological polar surface area (TPSA) is 102 Å². The zero-order valence-corrected chi connectivity index (χ0v) is 16.2. The standard InChI is InChI=1S/C23H21N5O/c1-15(2)22-17(14-25)4-3-5-20(22)23(29)28-19-7-6-16(13-24)21(12-19)27-18-8-10-26-11-9-18/h3-13,15,24H,1-2H3,(H,26,27)(H,28,29). The van der Waals surface area contributed by atoms with E-state index in [1.54, 1.807) is 48.8 Å². The Hall–Kier alpha value is -3.98. The van der Waals surface area contributed by atoms with Crippen LogP contribution in [0.25, 0.3) is 0 Å². The van der Waals surface area contributed by atoms with Gasteiger partial charge in [-0.15, -0.1) is 0 Å². The van der Waals surface area contributed by atoms with E-state index in [0.29, 0.717) is 28.1 Å². The van der Waals surface area contributed by atoms with E-state index in [0.717, 1.165) is 11.3 Å². The molecule has 3 rings (SSSR count). The average molecular weight is 383 g/mol. The predicted octanol–water partition coefficient (Wildman–Crippen LogP) is 5.07. The van der Waals surface area contributed by atoms with Gasteiger partial charge in [0, 0.05) is 46.8 Å². The zero-order valence-electron chi connectivity index (χ0n) is 16.2. The summed E-state index contributed by atoms with van der Waals surface area (Å²) in [7, 11) is 0. The molecule has 1 amide bonds. The molecule has 144 valence electrons. The Labute approximate surface area is 169 Å². The number of aromatic nitrogens is 1. The number of carbonyl (C=O) groups is 1. The molecule has 0 saturated heterocycles. The summed E-state index contributed by atoms with van der Waals surface area (Å²) in [6, 6.07) is 16.3. The number of nitriles is 1. The highest BCUT2D eigenvalue weighted by molar-refractivity contribution is 6.06. The first-order valence-electron chi connectivity index (χ1n) is 9.19. The van der Waals surface area contributed by atoms with Crippen molar-refractivity contribution in [1.82, 2.24) is 4.98 Å². The van der Waals surface area contributed by atoms with Crippen LogP contribution >= 0.6 is 0 Å². The highest BCUT2D eigenvalue weighted by atomic mass is 16.1. The predicted molar refractivity (Wildman–Crippen MR) is 115 cm³/mol. The fourth-order valence-corrected chi connectivity index (χ4v) is 3.14. The van der Waals surface area contributed by atoms with Crippen LogP contribution in [0.5, 0.6) is 0 Å². The molecule has 6 heteroatoms. The van der Waals surface area contributed by atoms with Crippen molar-refractivity contribution in [2.45, 2.75) is 19.8 Å². The number of amides is 1. The van der Waals surface area contributed by atoms with E-state index < -0.39 is 0 Å². The summed E-state index contributed by atoms with van der Waals surface area (Å²) >= 11 is 0. The van der Waals surface area contributed by atoms with Crippen LogP contribution in [0.15, 0.2) is 60.9 Å². The van der Waals surface area contributed by atoms with E-state index in [2.05, 4.69) is 21.7 Å². The molecule has 0 saturated carbocycles. The molecule has 0 aliphatic carbocycles. The van der Waals surface area contributed by atoms with Crippen LogP contribution in [0.4, 0.5) is 17.1 Å². The van der Waals surface area contributed by atoms with E-state index in [-0.39, 0.29) is 11.8 Å². The lowest BCUT2D eigenvalue weighted by Gasteiger charge is -2.16. The molecule has 29 heavy (non-hydrogen) atoms. The molecule has 0 radical (unpaired) electrons. The van der Waals surface area contributed by atoms with Crippen LogP contribution in [-0.4, -0.2) is 17.1 Å². The van der Waals surface area contributed by atoms with Crippen molar-refractivity contribution >= 4 is 29.2 Å². The highest BCUT2D eigenvalue weighted by Crippen LogP contribution is 2.27. The van der Waals surface area contributed by atoms with Crippen LogP contribution < -0.4 is 10.6 Å². The molecule has 1 heterocycles. The van der Waals surface area contributed by atoms with Gasteiger partial charge in [-0.1, -0.05) is 19.9 Å². The van der Waals surface area contributed by atoms with Crippen LogP contribution in [-0.2, 0) is 0 Å². The molecule has 0 unspecified atom stereocenters. The second kappa shape index (κ2) is 8.81. The lowest BCUT2D eigenvalue weighted by Crippen LogP contribution is -2.16. The number of nitrogens with zero attached hydrogens (tertiary/aromatic N) is 2. The van der Waals surface area contributed by atoms with Gasteiger partial charge in [0.05, 0.1) is 11.6 Å². The van der Waals surface area contributed by atoms with Gasteiger partial charge in [0.25, 0.3) is 5.91 Å². The fraction of sp³-hybridized carbons (Fsp3) is 0.130.